The number of nitrogens with zero attached hydrogens (tertiary/aromatic N) is 2. The number of benzene rings is 1. The Kier molecular flexibility index (Phi) is 5.46. The lowest BCUT2D eigenvalue weighted by Gasteiger charge is -2.09. The van der Waals surface area contributed by atoms with Crippen LogP contribution in [0.25, 0.3) is 0 Å². The van der Waals surface area contributed by atoms with Gasteiger partial charge in [-0.25, -0.2) is 14.8 Å². The summed E-state index contributed by atoms with van der Waals surface area (Å²) in [7, 11) is 1.33. The monoisotopic (exact) mass is 366 g/mol. The minimum Gasteiger partial charge on any atom is -0.467 e. The summed E-state index contributed by atoms with van der Waals surface area (Å²) < 4.78 is 9.85. The summed E-state index contributed by atoms with van der Waals surface area (Å²) in [5.41, 5.74) is 1.99. The van der Waals surface area contributed by atoms with Gasteiger partial charge in [-0.15, -0.1) is 0 Å². The van der Waals surface area contributed by atoms with Crippen LogP contribution in [0.1, 0.15) is 32.3 Å². The van der Waals surface area contributed by atoms with E-state index in [-0.39, 0.29) is 24.1 Å². The highest BCUT2D eigenvalue weighted by molar-refractivity contribution is 5.92. The van der Waals surface area contributed by atoms with Gasteiger partial charge < -0.3 is 19.8 Å². The zero-order valence-corrected chi connectivity index (χ0v) is 14.9. The third-order valence-corrected chi connectivity index (χ3v) is 3.65. The highest BCUT2D eigenvalue weighted by atomic mass is 16.5. The van der Waals surface area contributed by atoms with Gasteiger partial charge in [0, 0.05) is 11.4 Å². The first kappa shape index (κ1) is 18.1. The van der Waals surface area contributed by atoms with Gasteiger partial charge in [-0.05, 0) is 49.4 Å². The highest BCUT2D eigenvalue weighted by Crippen LogP contribution is 2.15. The predicted octanol–water partition coefficient (Wildman–Crippen LogP) is 2.84. The lowest BCUT2D eigenvalue weighted by atomic mass is 10.2. The van der Waals surface area contributed by atoms with Crippen molar-refractivity contribution in [3.8, 4) is 0 Å². The molecule has 8 heteroatoms. The lowest BCUT2D eigenvalue weighted by Crippen LogP contribution is -2.24. The topological polar surface area (TPSA) is 106 Å². The normalized spacial score (nSPS) is 10.3. The fourth-order valence-corrected chi connectivity index (χ4v) is 2.35. The van der Waals surface area contributed by atoms with Crippen molar-refractivity contribution in [1.29, 1.82) is 0 Å². The van der Waals surface area contributed by atoms with Crippen molar-refractivity contribution in [3.63, 3.8) is 0 Å². The average Bonchev–Trinajstić information content (AvgIpc) is 3.19. The molecule has 1 amide bonds. The first-order valence-corrected chi connectivity index (χ1v) is 8.17. The van der Waals surface area contributed by atoms with E-state index < -0.39 is 5.97 Å². The van der Waals surface area contributed by atoms with Gasteiger partial charge in [0.05, 0.1) is 25.5 Å². The van der Waals surface area contributed by atoms with Crippen molar-refractivity contribution in [2.75, 3.05) is 12.4 Å². The number of nitrogens with one attached hydrogen (secondary N) is 2. The summed E-state index contributed by atoms with van der Waals surface area (Å²) in [6, 6.07) is 11.8. The molecule has 0 bridgehead atoms. The average molecular weight is 366 g/mol. The molecule has 3 aromatic rings. The molecule has 0 aliphatic rings. The molecular weight excluding hydrogens is 348 g/mol. The molecule has 0 unspecified atom stereocenters. The summed E-state index contributed by atoms with van der Waals surface area (Å²) in [5, 5.41) is 5.76. The fourth-order valence-electron chi connectivity index (χ4n) is 2.35. The first-order chi connectivity index (χ1) is 13.0. The molecular formula is C19H18N4O4. The SMILES string of the molecule is COC(=O)c1ccc(Nc2nc(C)cc(C(=O)NCc3ccco3)n2)cc1. The van der Waals surface area contributed by atoms with Gasteiger partial charge in [0.25, 0.3) is 5.91 Å². The number of amides is 1. The van der Waals surface area contributed by atoms with Gasteiger partial charge in [-0.2, -0.15) is 0 Å². The molecule has 0 aliphatic heterocycles. The van der Waals surface area contributed by atoms with Crippen molar-refractivity contribution in [2.45, 2.75) is 13.5 Å². The number of methoxy groups -OCH3 is 1. The Balaban J connectivity index is 1.71. The van der Waals surface area contributed by atoms with Gasteiger partial charge >= 0.3 is 5.97 Å². The van der Waals surface area contributed by atoms with Crippen LogP contribution in [0.2, 0.25) is 0 Å². The van der Waals surface area contributed by atoms with Crippen LogP contribution in [-0.4, -0.2) is 29.0 Å². The van der Waals surface area contributed by atoms with Crippen LogP contribution in [0.4, 0.5) is 11.6 Å². The molecule has 0 atom stereocenters. The van der Waals surface area contributed by atoms with Crippen molar-refractivity contribution < 1.29 is 18.7 Å². The van der Waals surface area contributed by atoms with E-state index >= 15 is 0 Å². The molecule has 1 aromatic carbocycles. The van der Waals surface area contributed by atoms with E-state index in [0.717, 1.165) is 0 Å². The summed E-state index contributed by atoms with van der Waals surface area (Å²) >= 11 is 0. The molecule has 0 saturated carbocycles. The second-order valence-electron chi connectivity index (χ2n) is 5.67. The van der Waals surface area contributed by atoms with E-state index in [4.69, 9.17) is 4.42 Å². The van der Waals surface area contributed by atoms with E-state index in [0.29, 0.717) is 22.7 Å². The van der Waals surface area contributed by atoms with Crippen LogP contribution in [0.5, 0.6) is 0 Å². The van der Waals surface area contributed by atoms with Crippen LogP contribution in [0.3, 0.4) is 0 Å². The second kappa shape index (κ2) is 8.13. The Labute approximate surface area is 155 Å². The van der Waals surface area contributed by atoms with Crippen molar-refractivity contribution in [1.82, 2.24) is 15.3 Å². The summed E-state index contributed by atoms with van der Waals surface area (Å²) in [6.07, 6.45) is 1.55. The smallest absolute Gasteiger partial charge is 0.337 e. The molecule has 0 saturated heterocycles. The molecule has 8 nitrogen and oxygen atoms in total. The number of esters is 1. The quantitative estimate of drug-likeness (QED) is 0.646. The number of rotatable bonds is 6. The fraction of sp³-hybridized carbons (Fsp3) is 0.158. The maximum atomic E-state index is 12.3. The summed E-state index contributed by atoms with van der Waals surface area (Å²) in [5.74, 6) is 0.187. The summed E-state index contributed by atoms with van der Waals surface area (Å²) in [4.78, 5) is 32.3. The second-order valence-corrected chi connectivity index (χ2v) is 5.67. The number of hydrogen-bond acceptors (Lipinski definition) is 7. The standard InChI is InChI=1S/C19H18N4O4/c1-12-10-16(17(24)20-11-15-4-3-9-27-15)23-19(21-12)22-14-7-5-13(6-8-14)18(25)26-2/h3-10H,11H2,1-2H3,(H,20,24)(H,21,22,23). The third kappa shape index (κ3) is 4.69. The van der Waals surface area contributed by atoms with Crippen molar-refractivity contribution in [2.24, 2.45) is 0 Å². The maximum Gasteiger partial charge on any atom is 0.337 e. The molecule has 0 fully saturated rings. The Hall–Kier alpha value is -3.68. The molecule has 2 N–H and O–H groups in total. The van der Waals surface area contributed by atoms with Crippen molar-refractivity contribution >= 4 is 23.5 Å². The number of carbonyl (C=O) groups excluding carboxylic acids is 2. The van der Waals surface area contributed by atoms with E-state index in [2.05, 4.69) is 25.3 Å². The van der Waals surface area contributed by atoms with Crippen LogP contribution >= 0.6 is 0 Å². The minimum atomic E-state index is -0.413. The molecule has 138 valence electrons. The number of aryl methyl sites for hydroxylation is 1. The van der Waals surface area contributed by atoms with Gasteiger partial charge in [-0.1, -0.05) is 0 Å². The maximum absolute atomic E-state index is 12.3. The lowest BCUT2D eigenvalue weighted by molar-refractivity contribution is 0.0600. The molecule has 0 radical (unpaired) electrons. The van der Waals surface area contributed by atoms with E-state index in [1.807, 2.05) is 0 Å². The van der Waals surface area contributed by atoms with Crippen LogP contribution in [0, 0.1) is 6.92 Å². The Morgan fingerprint density at radius 3 is 2.59 bits per heavy atom. The van der Waals surface area contributed by atoms with E-state index in [1.54, 1.807) is 55.7 Å². The minimum absolute atomic E-state index is 0.239. The Morgan fingerprint density at radius 2 is 1.93 bits per heavy atom. The Bertz CT molecular complexity index is 937. The molecule has 0 spiro atoms. The zero-order valence-electron chi connectivity index (χ0n) is 14.9. The number of aromatic nitrogens is 2. The molecule has 2 heterocycles. The van der Waals surface area contributed by atoms with Crippen LogP contribution < -0.4 is 10.6 Å². The number of ether oxygens (including phenoxy) is 1. The number of hydrogen-bond donors (Lipinski definition) is 2. The van der Waals surface area contributed by atoms with Crippen LogP contribution in [0.15, 0.2) is 53.1 Å². The van der Waals surface area contributed by atoms with Gasteiger partial charge in [-0.3, -0.25) is 4.79 Å². The number of carbonyl (C=O) groups is 2. The van der Waals surface area contributed by atoms with E-state index in [9.17, 15) is 9.59 Å². The van der Waals surface area contributed by atoms with Gasteiger partial charge in [0.1, 0.15) is 11.5 Å². The van der Waals surface area contributed by atoms with Gasteiger partial charge in [0.15, 0.2) is 0 Å². The molecule has 27 heavy (non-hydrogen) atoms. The molecule has 2 aromatic heterocycles. The Morgan fingerprint density at radius 1 is 1.15 bits per heavy atom. The van der Waals surface area contributed by atoms with Gasteiger partial charge in [0.2, 0.25) is 5.95 Å². The summed E-state index contributed by atoms with van der Waals surface area (Å²) in [6.45, 7) is 2.04. The largest absolute Gasteiger partial charge is 0.467 e. The predicted molar refractivity (Wildman–Crippen MR) is 97.7 cm³/mol. The first-order valence-electron chi connectivity index (χ1n) is 8.17. The van der Waals surface area contributed by atoms with Crippen molar-refractivity contribution in [3.05, 3.63) is 71.4 Å². The third-order valence-electron chi connectivity index (χ3n) is 3.65. The number of anilines is 2. The van der Waals surface area contributed by atoms with E-state index in [1.165, 1.54) is 7.11 Å². The number of furan rings is 1. The zero-order chi connectivity index (χ0) is 19.2. The molecule has 3 rings (SSSR count). The van der Waals surface area contributed by atoms with Crippen LogP contribution in [-0.2, 0) is 11.3 Å². The highest BCUT2D eigenvalue weighted by Gasteiger charge is 2.12. The molecule has 0 aliphatic carbocycles.